The highest BCUT2D eigenvalue weighted by atomic mass is 32.2. The number of non-ortho nitro benzene ring substituents is 1. The molecule has 0 spiro atoms. The van der Waals surface area contributed by atoms with E-state index in [9.17, 15) is 28.4 Å². The zero-order valence-electron chi connectivity index (χ0n) is 21.4. The van der Waals surface area contributed by atoms with E-state index in [0.717, 1.165) is 43.2 Å². The van der Waals surface area contributed by atoms with E-state index in [0.29, 0.717) is 23.6 Å². The van der Waals surface area contributed by atoms with Gasteiger partial charge in [0.2, 0.25) is 10.0 Å². The smallest absolute Gasteiger partial charge is 0.336 e. The summed E-state index contributed by atoms with van der Waals surface area (Å²) >= 11 is 0. The Morgan fingerprint density at radius 3 is 2.32 bits per heavy atom. The number of hydrogen-bond acceptors (Lipinski definition) is 5. The molecular formula is C29H32N2O6S. The molecule has 0 bridgehead atoms. The SMILES string of the molecule is Cc1ccccc1-c1cc(CN(CCC2CCCCC2)S(=O)(=O)c2ccc([N+](=O)[O-])cc2)ccc1C(=O)O. The molecule has 3 aromatic carbocycles. The number of nitrogens with zero attached hydrogens (tertiary/aromatic N) is 2. The van der Waals surface area contributed by atoms with Crippen LogP contribution in [0.25, 0.3) is 11.1 Å². The van der Waals surface area contributed by atoms with Crippen molar-refractivity contribution in [3.05, 3.63) is 93.5 Å². The number of benzene rings is 3. The van der Waals surface area contributed by atoms with Crippen molar-refractivity contribution in [3.8, 4) is 11.1 Å². The summed E-state index contributed by atoms with van der Waals surface area (Å²) in [5, 5.41) is 20.9. The maximum absolute atomic E-state index is 13.7. The molecule has 0 amide bonds. The summed E-state index contributed by atoms with van der Waals surface area (Å²) in [7, 11) is -3.96. The molecule has 0 saturated heterocycles. The van der Waals surface area contributed by atoms with E-state index in [-0.39, 0.29) is 22.7 Å². The number of rotatable bonds is 10. The van der Waals surface area contributed by atoms with Gasteiger partial charge in [-0.15, -0.1) is 0 Å². The topological polar surface area (TPSA) is 118 Å². The van der Waals surface area contributed by atoms with Crippen LogP contribution >= 0.6 is 0 Å². The van der Waals surface area contributed by atoms with Crippen LogP contribution in [0.4, 0.5) is 5.69 Å². The lowest BCUT2D eigenvalue weighted by Gasteiger charge is -2.27. The lowest BCUT2D eigenvalue weighted by Crippen LogP contribution is -2.33. The van der Waals surface area contributed by atoms with Crippen LogP contribution in [0.15, 0.2) is 71.6 Å². The molecule has 0 heterocycles. The highest BCUT2D eigenvalue weighted by Crippen LogP contribution is 2.31. The first kappa shape index (κ1) is 27.5. The van der Waals surface area contributed by atoms with Gasteiger partial charge in [0.15, 0.2) is 0 Å². The minimum Gasteiger partial charge on any atom is -0.478 e. The number of carboxylic acids is 1. The van der Waals surface area contributed by atoms with Gasteiger partial charge in [-0.25, -0.2) is 13.2 Å². The molecule has 9 heteroatoms. The summed E-state index contributed by atoms with van der Waals surface area (Å²) in [6.07, 6.45) is 6.39. The maximum atomic E-state index is 13.7. The molecule has 0 aromatic heterocycles. The second-order valence-corrected chi connectivity index (χ2v) is 11.8. The molecule has 1 N–H and O–H groups in total. The minimum absolute atomic E-state index is 0.00646. The molecule has 4 rings (SSSR count). The lowest BCUT2D eigenvalue weighted by atomic mass is 9.87. The van der Waals surface area contributed by atoms with Gasteiger partial charge in [-0.1, -0.05) is 62.4 Å². The second-order valence-electron chi connectivity index (χ2n) is 9.88. The Morgan fingerprint density at radius 2 is 1.68 bits per heavy atom. The molecule has 0 radical (unpaired) electrons. The Hall–Kier alpha value is -3.56. The lowest BCUT2D eigenvalue weighted by molar-refractivity contribution is -0.384. The number of aryl methyl sites for hydroxylation is 1. The van der Waals surface area contributed by atoms with Crippen molar-refractivity contribution < 1.29 is 23.2 Å². The molecule has 1 aliphatic rings. The number of carboxylic acid groups (broad SMARTS) is 1. The Balaban J connectivity index is 1.69. The van der Waals surface area contributed by atoms with Crippen LogP contribution in [0.2, 0.25) is 0 Å². The largest absolute Gasteiger partial charge is 0.478 e. The fourth-order valence-electron chi connectivity index (χ4n) is 5.15. The van der Waals surface area contributed by atoms with Gasteiger partial charge in [-0.05, 0) is 65.8 Å². The predicted molar refractivity (Wildman–Crippen MR) is 145 cm³/mol. The number of nitro benzene ring substituents is 1. The van der Waals surface area contributed by atoms with E-state index in [1.54, 1.807) is 12.1 Å². The van der Waals surface area contributed by atoms with E-state index >= 15 is 0 Å². The van der Waals surface area contributed by atoms with Gasteiger partial charge >= 0.3 is 5.97 Å². The molecule has 8 nitrogen and oxygen atoms in total. The van der Waals surface area contributed by atoms with Crippen LogP contribution < -0.4 is 0 Å². The van der Waals surface area contributed by atoms with Gasteiger partial charge in [0.25, 0.3) is 5.69 Å². The van der Waals surface area contributed by atoms with Crippen LogP contribution in [0.1, 0.15) is 60.0 Å². The third-order valence-corrected chi connectivity index (χ3v) is 9.16. The Labute approximate surface area is 223 Å². The van der Waals surface area contributed by atoms with Crippen molar-refractivity contribution in [2.75, 3.05) is 6.54 Å². The van der Waals surface area contributed by atoms with E-state index in [1.165, 1.54) is 41.1 Å². The van der Waals surface area contributed by atoms with Crippen molar-refractivity contribution in [1.82, 2.24) is 4.31 Å². The number of nitro groups is 1. The minimum atomic E-state index is -3.96. The summed E-state index contributed by atoms with van der Waals surface area (Å²) < 4.78 is 28.9. The summed E-state index contributed by atoms with van der Waals surface area (Å²) in [5.41, 5.74) is 2.87. The normalized spacial score (nSPS) is 14.5. The van der Waals surface area contributed by atoms with E-state index < -0.39 is 20.9 Å². The van der Waals surface area contributed by atoms with Crippen LogP contribution in [0, 0.1) is 23.0 Å². The van der Waals surface area contributed by atoms with Crippen molar-refractivity contribution in [3.63, 3.8) is 0 Å². The zero-order valence-corrected chi connectivity index (χ0v) is 22.2. The fourth-order valence-corrected chi connectivity index (χ4v) is 6.60. The third kappa shape index (κ3) is 6.28. The maximum Gasteiger partial charge on any atom is 0.336 e. The Kier molecular flexibility index (Phi) is 8.58. The van der Waals surface area contributed by atoms with Crippen LogP contribution in [-0.2, 0) is 16.6 Å². The summed E-state index contributed by atoms with van der Waals surface area (Å²) in [4.78, 5) is 22.5. The Bertz CT molecular complexity index is 1410. The fraction of sp³-hybridized carbons (Fsp3) is 0.345. The van der Waals surface area contributed by atoms with Crippen LogP contribution in [-0.4, -0.2) is 35.3 Å². The van der Waals surface area contributed by atoms with E-state index in [1.807, 2.05) is 31.2 Å². The summed E-state index contributed by atoms with van der Waals surface area (Å²) in [5.74, 6) is -0.599. The average Bonchev–Trinajstić information content (AvgIpc) is 2.91. The molecular weight excluding hydrogens is 504 g/mol. The van der Waals surface area contributed by atoms with Crippen LogP contribution in [0.3, 0.4) is 0 Å². The number of aromatic carboxylic acids is 1. The van der Waals surface area contributed by atoms with Gasteiger partial charge in [0.1, 0.15) is 0 Å². The highest BCUT2D eigenvalue weighted by molar-refractivity contribution is 7.89. The second kappa shape index (κ2) is 11.9. The van der Waals surface area contributed by atoms with Gasteiger partial charge in [0, 0.05) is 25.2 Å². The molecule has 3 aromatic rings. The average molecular weight is 537 g/mol. The van der Waals surface area contributed by atoms with Gasteiger partial charge in [-0.3, -0.25) is 10.1 Å². The number of hydrogen-bond donors (Lipinski definition) is 1. The van der Waals surface area contributed by atoms with Crippen LogP contribution in [0.5, 0.6) is 0 Å². The van der Waals surface area contributed by atoms with Crippen molar-refractivity contribution in [2.45, 2.75) is 56.9 Å². The van der Waals surface area contributed by atoms with E-state index in [2.05, 4.69) is 0 Å². The monoisotopic (exact) mass is 536 g/mol. The van der Waals surface area contributed by atoms with Crippen molar-refractivity contribution in [2.24, 2.45) is 5.92 Å². The summed E-state index contributed by atoms with van der Waals surface area (Å²) in [6.45, 7) is 2.28. The van der Waals surface area contributed by atoms with E-state index in [4.69, 9.17) is 0 Å². The quantitative estimate of drug-likeness (QED) is 0.236. The predicted octanol–water partition coefficient (Wildman–Crippen LogP) is 6.43. The highest BCUT2D eigenvalue weighted by Gasteiger charge is 2.27. The van der Waals surface area contributed by atoms with Gasteiger partial charge < -0.3 is 5.11 Å². The molecule has 1 saturated carbocycles. The number of sulfonamides is 1. The summed E-state index contributed by atoms with van der Waals surface area (Å²) in [6, 6.07) is 17.4. The van der Waals surface area contributed by atoms with Crippen molar-refractivity contribution in [1.29, 1.82) is 0 Å². The third-order valence-electron chi connectivity index (χ3n) is 7.31. The molecule has 0 atom stereocenters. The Morgan fingerprint density at radius 1 is 1.00 bits per heavy atom. The molecule has 38 heavy (non-hydrogen) atoms. The number of carbonyl (C=O) groups is 1. The first-order valence-corrected chi connectivity index (χ1v) is 14.3. The molecule has 0 aliphatic heterocycles. The van der Waals surface area contributed by atoms with Crippen molar-refractivity contribution >= 4 is 21.7 Å². The standard InChI is InChI=1S/C29H32N2O6S/c1-21-7-5-6-10-26(21)28-19-23(11-16-27(28)29(32)33)20-30(18-17-22-8-3-2-4-9-22)38(36,37)25-14-12-24(13-15-25)31(34)35/h5-7,10-16,19,22H,2-4,8-9,17-18,20H2,1H3,(H,32,33). The van der Waals surface area contributed by atoms with Gasteiger partial charge in [-0.2, -0.15) is 4.31 Å². The first-order chi connectivity index (χ1) is 18.2. The molecule has 0 unspecified atom stereocenters. The van der Waals surface area contributed by atoms with Gasteiger partial charge in [0.05, 0.1) is 15.4 Å². The zero-order chi connectivity index (χ0) is 27.3. The molecule has 200 valence electrons. The molecule has 1 aliphatic carbocycles. The molecule has 1 fully saturated rings. The first-order valence-electron chi connectivity index (χ1n) is 12.8.